The number of nitrogens with zero attached hydrogens (tertiary/aromatic N) is 3. The van der Waals surface area contributed by atoms with Crippen molar-refractivity contribution >= 4 is 29.5 Å². The number of amides is 1. The van der Waals surface area contributed by atoms with Crippen LogP contribution in [0.1, 0.15) is 32.8 Å². The molecule has 0 aliphatic heterocycles. The van der Waals surface area contributed by atoms with Gasteiger partial charge >= 0.3 is 0 Å². The summed E-state index contributed by atoms with van der Waals surface area (Å²) in [5.74, 6) is 0.687. The molecule has 7 heteroatoms. The highest BCUT2D eigenvalue weighted by Crippen LogP contribution is 2.21. The average Bonchev–Trinajstić information content (AvgIpc) is 3.08. The topological polar surface area (TPSA) is 66.0 Å². The number of carbonyl (C=O) groups excluding carboxylic acids is 1. The van der Waals surface area contributed by atoms with Crippen LogP contribution >= 0.6 is 12.2 Å². The third-order valence-electron chi connectivity index (χ3n) is 5.04. The van der Waals surface area contributed by atoms with Gasteiger partial charge in [0.2, 0.25) is 5.91 Å². The molecule has 0 unspecified atom stereocenters. The van der Waals surface area contributed by atoms with Gasteiger partial charge in [-0.15, -0.1) is 0 Å². The zero-order chi connectivity index (χ0) is 21.7. The van der Waals surface area contributed by atoms with E-state index in [2.05, 4.69) is 47.3 Å². The maximum Gasteiger partial charge on any atom is 0.226 e. The third kappa shape index (κ3) is 5.16. The summed E-state index contributed by atoms with van der Waals surface area (Å²) in [6.07, 6.45) is 0.307. The molecule has 3 aromatic rings. The Morgan fingerprint density at radius 3 is 2.60 bits per heavy atom. The first-order chi connectivity index (χ1) is 14.4. The number of carbonyl (C=O) groups is 1. The van der Waals surface area contributed by atoms with Gasteiger partial charge in [-0.2, -0.15) is 5.10 Å². The molecule has 6 nitrogen and oxygen atoms in total. The SMILES string of the molecule is CCN(c1ccc(NC(=O)CCn2c(-c3cccc(C)c3)n[nH]c2=S)cc1)C(C)C. The molecule has 0 saturated carbocycles. The second-order valence-corrected chi connectivity index (χ2v) is 7.98. The van der Waals surface area contributed by atoms with E-state index < -0.39 is 0 Å². The molecule has 158 valence electrons. The lowest BCUT2D eigenvalue weighted by Gasteiger charge is -2.27. The van der Waals surface area contributed by atoms with Crippen molar-refractivity contribution in [2.45, 2.75) is 46.7 Å². The van der Waals surface area contributed by atoms with E-state index in [0.717, 1.165) is 34.9 Å². The van der Waals surface area contributed by atoms with E-state index >= 15 is 0 Å². The predicted molar refractivity (Wildman–Crippen MR) is 125 cm³/mol. The summed E-state index contributed by atoms with van der Waals surface area (Å²) in [6.45, 7) is 9.92. The van der Waals surface area contributed by atoms with Crippen molar-refractivity contribution in [3.05, 3.63) is 58.9 Å². The molecule has 0 fully saturated rings. The molecular weight excluding hydrogens is 394 g/mol. The number of aromatic nitrogens is 3. The van der Waals surface area contributed by atoms with Gasteiger partial charge < -0.3 is 10.2 Å². The molecule has 2 N–H and O–H groups in total. The fraction of sp³-hybridized carbons (Fsp3) is 0.348. The fourth-order valence-electron chi connectivity index (χ4n) is 3.55. The number of hydrogen-bond donors (Lipinski definition) is 2. The highest BCUT2D eigenvalue weighted by atomic mass is 32.1. The maximum atomic E-state index is 12.5. The number of hydrogen-bond acceptors (Lipinski definition) is 4. The summed E-state index contributed by atoms with van der Waals surface area (Å²) in [5.41, 5.74) is 4.06. The van der Waals surface area contributed by atoms with Gasteiger partial charge in [0.25, 0.3) is 0 Å². The Bertz CT molecular complexity index is 1050. The molecule has 0 aliphatic rings. The van der Waals surface area contributed by atoms with Crippen LogP contribution < -0.4 is 10.2 Å². The van der Waals surface area contributed by atoms with Gasteiger partial charge in [-0.05, 0) is 70.2 Å². The van der Waals surface area contributed by atoms with Crippen LogP contribution in [0, 0.1) is 11.7 Å². The number of nitrogens with one attached hydrogen (secondary N) is 2. The van der Waals surface area contributed by atoms with Crippen molar-refractivity contribution in [2.75, 3.05) is 16.8 Å². The van der Waals surface area contributed by atoms with Crippen molar-refractivity contribution in [3.63, 3.8) is 0 Å². The molecule has 1 heterocycles. The molecule has 0 aliphatic carbocycles. The maximum absolute atomic E-state index is 12.5. The van der Waals surface area contributed by atoms with Crippen LogP contribution in [0.25, 0.3) is 11.4 Å². The molecule has 1 aromatic heterocycles. The van der Waals surface area contributed by atoms with Gasteiger partial charge in [0, 0.05) is 42.5 Å². The zero-order valence-corrected chi connectivity index (χ0v) is 18.8. The fourth-order valence-corrected chi connectivity index (χ4v) is 3.77. The number of aryl methyl sites for hydroxylation is 1. The monoisotopic (exact) mass is 423 g/mol. The van der Waals surface area contributed by atoms with Crippen molar-refractivity contribution in [1.29, 1.82) is 0 Å². The summed E-state index contributed by atoms with van der Waals surface area (Å²) in [5, 5.41) is 10.2. The van der Waals surface area contributed by atoms with Gasteiger partial charge in [0.1, 0.15) is 0 Å². The number of aromatic amines is 1. The molecule has 1 amide bonds. The van der Waals surface area contributed by atoms with Crippen molar-refractivity contribution < 1.29 is 4.79 Å². The zero-order valence-electron chi connectivity index (χ0n) is 18.0. The minimum atomic E-state index is -0.0581. The minimum Gasteiger partial charge on any atom is -0.369 e. The smallest absolute Gasteiger partial charge is 0.226 e. The molecule has 0 saturated heterocycles. The summed E-state index contributed by atoms with van der Waals surface area (Å²) in [4.78, 5) is 14.8. The standard InChI is InChI=1S/C23H29N5OS/c1-5-27(16(2)3)20-11-9-19(10-12-20)24-21(29)13-14-28-22(25-26-23(28)30)18-8-6-7-17(4)15-18/h6-12,15-16H,5,13-14H2,1-4H3,(H,24,29)(H,26,30). The molecule has 0 atom stereocenters. The lowest BCUT2D eigenvalue weighted by atomic mass is 10.1. The van der Waals surface area contributed by atoms with Crippen LogP contribution in [-0.4, -0.2) is 33.3 Å². The Balaban J connectivity index is 1.64. The Labute approximate surface area is 182 Å². The molecule has 2 aromatic carbocycles. The Morgan fingerprint density at radius 2 is 1.97 bits per heavy atom. The quantitative estimate of drug-likeness (QED) is 0.490. The highest BCUT2D eigenvalue weighted by molar-refractivity contribution is 7.71. The summed E-state index contributed by atoms with van der Waals surface area (Å²) in [6, 6.07) is 16.5. The van der Waals surface area contributed by atoms with Gasteiger partial charge in [0.15, 0.2) is 10.6 Å². The third-order valence-corrected chi connectivity index (χ3v) is 5.36. The number of anilines is 2. The first-order valence-corrected chi connectivity index (χ1v) is 10.7. The van der Waals surface area contributed by atoms with Crippen molar-refractivity contribution in [2.24, 2.45) is 0 Å². The number of H-pyrrole nitrogens is 1. The predicted octanol–water partition coefficient (Wildman–Crippen LogP) is 5.18. The second kappa shape index (κ2) is 9.71. The first kappa shape index (κ1) is 21.8. The minimum absolute atomic E-state index is 0.0581. The first-order valence-electron chi connectivity index (χ1n) is 10.3. The molecule has 0 bridgehead atoms. The van der Waals surface area contributed by atoms with Crippen LogP contribution in [0.3, 0.4) is 0 Å². The Kier molecular flexibility index (Phi) is 7.05. The van der Waals surface area contributed by atoms with Crippen LogP contribution in [0.4, 0.5) is 11.4 Å². The van der Waals surface area contributed by atoms with Crippen LogP contribution in [0.5, 0.6) is 0 Å². The van der Waals surface area contributed by atoms with Crippen LogP contribution in [0.15, 0.2) is 48.5 Å². The van der Waals surface area contributed by atoms with E-state index in [1.54, 1.807) is 0 Å². The molecular formula is C23H29N5OS. The largest absolute Gasteiger partial charge is 0.369 e. The highest BCUT2D eigenvalue weighted by Gasteiger charge is 2.12. The molecule has 0 spiro atoms. The van der Waals surface area contributed by atoms with Crippen molar-refractivity contribution in [3.8, 4) is 11.4 Å². The number of rotatable bonds is 8. The lowest BCUT2D eigenvalue weighted by molar-refractivity contribution is -0.116. The van der Waals surface area contributed by atoms with Gasteiger partial charge in [-0.1, -0.05) is 23.8 Å². The molecule has 0 radical (unpaired) electrons. The van der Waals surface area contributed by atoms with Gasteiger partial charge in [-0.3, -0.25) is 14.5 Å². The normalized spacial score (nSPS) is 11.0. The van der Waals surface area contributed by atoms with E-state index in [1.165, 1.54) is 0 Å². The van der Waals surface area contributed by atoms with Crippen molar-refractivity contribution in [1.82, 2.24) is 14.8 Å². The number of benzene rings is 2. The lowest BCUT2D eigenvalue weighted by Crippen LogP contribution is -2.30. The van der Waals surface area contributed by atoms with E-state index in [9.17, 15) is 4.79 Å². The van der Waals surface area contributed by atoms with Gasteiger partial charge in [0.05, 0.1) is 0 Å². The van der Waals surface area contributed by atoms with E-state index in [1.807, 2.05) is 54.0 Å². The summed E-state index contributed by atoms with van der Waals surface area (Å²) < 4.78 is 2.38. The van der Waals surface area contributed by atoms with E-state index in [-0.39, 0.29) is 5.91 Å². The Hall–Kier alpha value is -2.93. The second-order valence-electron chi connectivity index (χ2n) is 7.60. The average molecular weight is 424 g/mol. The van der Waals surface area contributed by atoms with Crippen LogP contribution in [0.2, 0.25) is 0 Å². The van der Waals surface area contributed by atoms with Gasteiger partial charge in [-0.25, -0.2) is 0 Å². The summed E-state index contributed by atoms with van der Waals surface area (Å²) in [7, 11) is 0. The Morgan fingerprint density at radius 1 is 1.23 bits per heavy atom. The van der Waals surface area contributed by atoms with E-state index in [4.69, 9.17) is 12.2 Å². The van der Waals surface area contributed by atoms with E-state index in [0.29, 0.717) is 23.8 Å². The van der Waals surface area contributed by atoms with Crippen LogP contribution in [-0.2, 0) is 11.3 Å². The summed E-state index contributed by atoms with van der Waals surface area (Å²) >= 11 is 5.37. The molecule has 3 rings (SSSR count). The molecule has 30 heavy (non-hydrogen) atoms.